The van der Waals surface area contributed by atoms with E-state index in [4.69, 9.17) is 5.11 Å². The lowest BCUT2D eigenvalue weighted by Gasteiger charge is -2.32. The number of hydrogen-bond donors (Lipinski definition) is 3. The number of nitro benzene ring substituents is 1. The van der Waals surface area contributed by atoms with Crippen LogP contribution in [-0.4, -0.2) is 28.2 Å². The first kappa shape index (κ1) is 14.1. The maximum atomic E-state index is 11.0. The number of rotatable bonds is 4. The number of carbonyl (C=O) groups is 1. The minimum absolute atomic E-state index is 0.00662. The number of nitrogens with zero attached hydrogens (tertiary/aromatic N) is 1. The second-order valence-electron chi connectivity index (χ2n) is 4.87. The highest BCUT2D eigenvalue weighted by Crippen LogP contribution is 2.28. The number of para-hydroxylation sites is 2. The van der Waals surface area contributed by atoms with Crippen molar-refractivity contribution >= 4 is 17.5 Å². The van der Waals surface area contributed by atoms with Gasteiger partial charge < -0.3 is 15.7 Å². The second kappa shape index (κ2) is 6.23. The van der Waals surface area contributed by atoms with Gasteiger partial charge in [0, 0.05) is 12.1 Å². The molecule has 1 aromatic rings. The van der Waals surface area contributed by atoms with Crippen molar-refractivity contribution in [3.8, 4) is 0 Å². The molecule has 3 N–H and O–H groups in total. The molecular formula is C13H17N3O4. The van der Waals surface area contributed by atoms with Crippen molar-refractivity contribution < 1.29 is 14.8 Å². The number of nitro groups is 1. The van der Waals surface area contributed by atoms with Crippen LogP contribution in [0.25, 0.3) is 0 Å². The average molecular weight is 279 g/mol. The quantitative estimate of drug-likeness (QED) is 0.580. The molecule has 7 heteroatoms. The molecule has 2 rings (SSSR count). The molecule has 1 saturated carbocycles. The Morgan fingerprint density at radius 1 is 1.25 bits per heavy atom. The van der Waals surface area contributed by atoms with Gasteiger partial charge in [-0.1, -0.05) is 25.0 Å². The summed E-state index contributed by atoms with van der Waals surface area (Å²) < 4.78 is 0. The second-order valence-corrected chi connectivity index (χ2v) is 4.87. The van der Waals surface area contributed by atoms with Crippen LogP contribution in [-0.2, 0) is 0 Å². The lowest BCUT2D eigenvalue weighted by Crippen LogP contribution is -2.48. The molecule has 1 aliphatic rings. The van der Waals surface area contributed by atoms with Crippen LogP contribution in [0.3, 0.4) is 0 Å². The Labute approximate surface area is 116 Å². The van der Waals surface area contributed by atoms with E-state index in [1.165, 1.54) is 6.07 Å². The molecule has 0 aliphatic heterocycles. The van der Waals surface area contributed by atoms with Crippen LogP contribution in [0.2, 0.25) is 0 Å². The fourth-order valence-corrected chi connectivity index (χ4v) is 2.59. The molecule has 1 fully saturated rings. The third kappa shape index (κ3) is 3.37. The Morgan fingerprint density at radius 3 is 2.55 bits per heavy atom. The number of anilines is 1. The standard InChI is InChI=1S/C13H17N3O4/c17-13(18)15-10-6-2-1-5-9(10)14-11-7-3-4-8-12(11)16(19)20/h3-4,7-10,14-15H,1-2,5-6H2,(H,17,18)/t9-,10-/m1/s1. The van der Waals surface area contributed by atoms with Crippen LogP contribution in [0.5, 0.6) is 0 Å². The largest absolute Gasteiger partial charge is 0.465 e. The predicted octanol–water partition coefficient (Wildman–Crippen LogP) is 2.59. The lowest BCUT2D eigenvalue weighted by atomic mass is 9.90. The molecule has 2 atom stereocenters. The van der Waals surface area contributed by atoms with Gasteiger partial charge in [0.05, 0.1) is 11.0 Å². The lowest BCUT2D eigenvalue weighted by molar-refractivity contribution is -0.384. The highest BCUT2D eigenvalue weighted by molar-refractivity contribution is 5.66. The van der Waals surface area contributed by atoms with Crippen LogP contribution < -0.4 is 10.6 Å². The van der Waals surface area contributed by atoms with Gasteiger partial charge in [-0.2, -0.15) is 0 Å². The fourth-order valence-electron chi connectivity index (χ4n) is 2.59. The summed E-state index contributed by atoms with van der Waals surface area (Å²) in [6.07, 6.45) is 2.41. The summed E-state index contributed by atoms with van der Waals surface area (Å²) in [7, 11) is 0. The van der Waals surface area contributed by atoms with Gasteiger partial charge in [0.25, 0.3) is 5.69 Å². The third-order valence-corrected chi connectivity index (χ3v) is 3.52. The molecule has 0 heterocycles. The van der Waals surface area contributed by atoms with E-state index in [-0.39, 0.29) is 17.8 Å². The van der Waals surface area contributed by atoms with Crippen LogP contribution in [0, 0.1) is 10.1 Å². The Balaban J connectivity index is 2.14. The monoisotopic (exact) mass is 279 g/mol. The van der Waals surface area contributed by atoms with Gasteiger partial charge in [0.1, 0.15) is 5.69 Å². The van der Waals surface area contributed by atoms with E-state index in [9.17, 15) is 14.9 Å². The normalized spacial score (nSPS) is 22.0. The van der Waals surface area contributed by atoms with E-state index in [2.05, 4.69) is 10.6 Å². The van der Waals surface area contributed by atoms with Crippen LogP contribution >= 0.6 is 0 Å². The first-order valence-electron chi connectivity index (χ1n) is 6.57. The minimum Gasteiger partial charge on any atom is -0.465 e. The van der Waals surface area contributed by atoms with Crippen molar-refractivity contribution in [3.05, 3.63) is 34.4 Å². The van der Waals surface area contributed by atoms with Crippen molar-refractivity contribution in [2.75, 3.05) is 5.32 Å². The molecule has 0 aromatic heterocycles. The van der Waals surface area contributed by atoms with Gasteiger partial charge in [0.15, 0.2) is 0 Å². The summed E-state index contributed by atoms with van der Waals surface area (Å²) >= 11 is 0. The first-order valence-corrected chi connectivity index (χ1v) is 6.57. The summed E-state index contributed by atoms with van der Waals surface area (Å²) in [5.41, 5.74) is 0.439. The molecule has 1 aliphatic carbocycles. The number of nitrogens with one attached hydrogen (secondary N) is 2. The van der Waals surface area contributed by atoms with Crippen LogP contribution in [0.1, 0.15) is 25.7 Å². The van der Waals surface area contributed by atoms with E-state index < -0.39 is 11.0 Å². The topological polar surface area (TPSA) is 104 Å². The molecule has 0 spiro atoms. The van der Waals surface area contributed by atoms with E-state index in [1.54, 1.807) is 18.2 Å². The zero-order valence-corrected chi connectivity index (χ0v) is 10.9. The molecule has 0 radical (unpaired) electrons. The minimum atomic E-state index is -1.06. The smallest absolute Gasteiger partial charge is 0.404 e. The number of amides is 1. The molecule has 0 unspecified atom stereocenters. The van der Waals surface area contributed by atoms with Crippen molar-refractivity contribution in [1.29, 1.82) is 0 Å². The van der Waals surface area contributed by atoms with E-state index in [1.807, 2.05) is 0 Å². The summed E-state index contributed by atoms with van der Waals surface area (Å²) in [5, 5.41) is 25.4. The van der Waals surface area contributed by atoms with E-state index >= 15 is 0 Å². The summed E-state index contributed by atoms with van der Waals surface area (Å²) in [6.45, 7) is 0. The molecule has 0 saturated heterocycles. The van der Waals surface area contributed by atoms with Gasteiger partial charge in [0.2, 0.25) is 0 Å². The predicted molar refractivity (Wildman–Crippen MR) is 73.9 cm³/mol. The molecule has 0 bridgehead atoms. The van der Waals surface area contributed by atoms with E-state index in [0.29, 0.717) is 5.69 Å². The first-order chi connectivity index (χ1) is 9.58. The van der Waals surface area contributed by atoms with E-state index in [0.717, 1.165) is 25.7 Å². The van der Waals surface area contributed by atoms with Gasteiger partial charge in [-0.25, -0.2) is 4.79 Å². The Bertz CT molecular complexity index is 506. The zero-order valence-electron chi connectivity index (χ0n) is 10.9. The number of benzene rings is 1. The maximum Gasteiger partial charge on any atom is 0.404 e. The number of carboxylic acid groups (broad SMARTS) is 1. The maximum absolute atomic E-state index is 11.0. The van der Waals surface area contributed by atoms with Crippen molar-refractivity contribution in [1.82, 2.24) is 5.32 Å². The van der Waals surface area contributed by atoms with Crippen LogP contribution in [0.15, 0.2) is 24.3 Å². The average Bonchev–Trinajstić information content (AvgIpc) is 2.41. The van der Waals surface area contributed by atoms with Crippen molar-refractivity contribution in [3.63, 3.8) is 0 Å². The summed E-state index contributed by atoms with van der Waals surface area (Å²) in [4.78, 5) is 21.3. The molecule has 1 aromatic carbocycles. The molecule has 7 nitrogen and oxygen atoms in total. The molecular weight excluding hydrogens is 262 g/mol. The zero-order chi connectivity index (χ0) is 14.5. The van der Waals surface area contributed by atoms with Crippen molar-refractivity contribution in [2.24, 2.45) is 0 Å². The van der Waals surface area contributed by atoms with Crippen molar-refractivity contribution in [2.45, 2.75) is 37.8 Å². The summed E-state index contributed by atoms with van der Waals surface area (Å²) in [5.74, 6) is 0. The highest BCUT2D eigenvalue weighted by Gasteiger charge is 2.28. The van der Waals surface area contributed by atoms with Crippen LogP contribution in [0.4, 0.5) is 16.2 Å². The SMILES string of the molecule is O=C(O)N[C@@H]1CCCC[C@H]1Nc1ccccc1[N+](=O)[O-]. The third-order valence-electron chi connectivity index (χ3n) is 3.52. The number of hydrogen-bond acceptors (Lipinski definition) is 4. The molecule has 108 valence electrons. The fraction of sp³-hybridized carbons (Fsp3) is 0.462. The van der Waals surface area contributed by atoms with Gasteiger partial charge in [-0.3, -0.25) is 10.1 Å². The van der Waals surface area contributed by atoms with Gasteiger partial charge >= 0.3 is 6.09 Å². The summed E-state index contributed by atoms with van der Waals surface area (Å²) in [6, 6.07) is 6.06. The highest BCUT2D eigenvalue weighted by atomic mass is 16.6. The molecule has 20 heavy (non-hydrogen) atoms. The Kier molecular flexibility index (Phi) is 4.39. The van der Waals surface area contributed by atoms with Gasteiger partial charge in [-0.15, -0.1) is 0 Å². The Morgan fingerprint density at radius 2 is 1.90 bits per heavy atom. The Hall–Kier alpha value is -2.31. The molecule has 1 amide bonds. The van der Waals surface area contributed by atoms with Gasteiger partial charge in [-0.05, 0) is 18.9 Å².